The first-order chi connectivity index (χ1) is 9.14. The Morgan fingerprint density at radius 3 is 2.26 bits per heavy atom. The van der Waals surface area contributed by atoms with Crippen LogP contribution in [0.5, 0.6) is 5.75 Å². The van der Waals surface area contributed by atoms with Crippen molar-refractivity contribution in [3.05, 3.63) is 30.3 Å². The van der Waals surface area contributed by atoms with Crippen LogP contribution in [0.4, 0.5) is 0 Å². The molecule has 0 unspecified atom stereocenters. The van der Waals surface area contributed by atoms with Gasteiger partial charge < -0.3 is 4.89 Å². The van der Waals surface area contributed by atoms with Crippen molar-refractivity contribution < 1.29 is 17.6 Å². The predicted molar refractivity (Wildman–Crippen MR) is 75.3 cm³/mol. The van der Waals surface area contributed by atoms with Crippen LogP contribution >= 0.6 is 0 Å². The summed E-state index contributed by atoms with van der Waals surface area (Å²) in [5, 5.41) is 0. The van der Waals surface area contributed by atoms with Gasteiger partial charge in [0, 0.05) is 0 Å². The van der Waals surface area contributed by atoms with Crippen LogP contribution in [0, 0.1) is 0 Å². The lowest BCUT2D eigenvalue weighted by atomic mass is 10.1. The maximum atomic E-state index is 11.5. The van der Waals surface area contributed by atoms with E-state index in [-0.39, 0.29) is 5.75 Å². The average Bonchev–Trinajstić information content (AvgIpc) is 2.42. The summed E-state index contributed by atoms with van der Waals surface area (Å²) in [6, 6.07) is 8.59. The largest absolute Gasteiger partial charge is 0.321 e. The van der Waals surface area contributed by atoms with Gasteiger partial charge in [0.15, 0.2) is 5.75 Å². The minimum atomic E-state index is -3.59. The second-order valence-corrected chi connectivity index (χ2v) is 6.15. The Morgan fingerprint density at radius 1 is 0.947 bits per heavy atom. The van der Waals surface area contributed by atoms with E-state index in [1.807, 2.05) is 6.07 Å². The second kappa shape index (κ2) is 8.93. The fourth-order valence-electron chi connectivity index (χ4n) is 1.66. The van der Waals surface area contributed by atoms with Gasteiger partial charge in [0.05, 0.1) is 5.75 Å². The van der Waals surface area contributed by atoms with E-state index in [0.29, 0.717) is 12.2 Å². The van der Waals surface area contributed by atoms with Gasteiger partial charge in [-0.15, -0.1) is 0 Å². The molecule has 5 heteroatoms. The van der Waals surface area contributed by atoms with Crippen LogP contribution in [0.1, 0.15) is 45.4 Å². The van der Waals surface area contributed by atoms with Crippen molar-refractivity contribution >= 4 is 10.1 Å². The topological polar surface area (TPSA) is 52.6 Å². The monoisotopic (exact) mass is 286 g/mol. The fourth-order valence-corrected chi connectivity index (χ4v) is 2.47. The highest BCUT2D eigenvalue weighted by molar-refractivity contribution is 7.86. The molecule has 0 aliphatic rings. The van der Waals surface area contributed by atoms with Crippen molar-refractivity contribution in [2.24, 2.45) is 0 Å². The third kappa shape index (κ3) is 7.85. The van der Waals surface area contributed by atoms with Gasteiger partial charge in [-0.3, -0.25) is 0 Å². The Balaban J connectivity index is 2.17. The Morgan fingerprint density at radius 2 is 1.58 bits per heavy atom. The summed E-state index contributed by atoms with van der Waals surface area (Å²) >= 11 is 0. The molecule has 0 bridgehead atoms. The van der Waals surface area contributed by atoms with Gasteiger partial charge in [0.1, 0.15) is 0 Å². The maximum Gasteiger partial charge on any atom is 0.303 e. The molecule has 0 radical (unpaired) electrons. The van der Waals surface area contributed by atoms with Gasteiger partial charge in [0.2, 0.25) is 0 Å². The van der Waals surface area contributed by atoms with E-state index >= 15 is 0 Å². The Bertz CT molecular complexity index is 428. The molecule has 0 aliphatic carbocycles. The first kappa shape index (κ1) is 16.0. The lowest BCUT2D eigenvalue weighted by Gasteiger charge is -2.05. The van der Waals surface area contributed by atoms with E-state index < -0.39 is 10.1 Å². The molecule has 108 valence electrons. The lowest BCUT2D eigenvalue weighted by Crippen LogP contribution is -2.13. The van der Waals surface area contributed by atoms with E-state index in [2.05, 4.69) is 11.3 Å². The quantitative estimate of drug-likeness (QED) is 0.374. The van der Waals surface area contributed by atoms with Crippen LogP contribution in [0.3, 0.4) is 0 Å². The van der Waals surface area contributed by atoms with Crippen molar-refractivity contribution in [2.75, 3.05) is 5.75 Å². The molecule has 19 heavy (non-hydrogen) atoms. The molecule has 0 spiro atoms. The summed E-state index contributed by atoms with van der Waals surface area (Å²) in [5.74, 6) is 0.389. The highest BCUT2D eigenvalue weighted by atomic mass is 32.2. The lowest BCUT2D eigenvalue weighted by molar-refractivity contribution is -0.0925. The first-order valence-corrected chi connectivity index (χ1v) is 8.35. The Labute approximate surface area is 115 Å². The molecule has 0 aliphatic heterocycles. The molecule has 4 nitrogen and oxygen atoms in total. The summed E-state index contributed by atoms with van der Waals surface area (Å²) in [6.07, 6.45) is 6.16. The van der Waals surface area contributed by atoms with E-state index in [1.165, 1.54) is 12.8 Å². The molecule has 0 fully saturated rings. The van der Waals surface area contributed by atoms with Crippen molar-refractivity contribution in [1.82, 2.24) is 0 Å². The van der Waals surface area contributed by atoms with Gasteiger partial charge in [0.25, 0.3) is 0 Å². The van der Waals surface area contributed by atoms with Crippen molar-refractivity contribution in [3.8, 4) is 5.75 Å². The number of unbranched alkanes of at least 4 members (excludes halogenated alkanes) is 5. The first-order valence-electron chi connectivity index (χ1n) is 6.78. The summed E-state index contributed by atoms with van der Waals surface area (Å²) < 4.78 is 27.6. The minimum Gasteiger partial charge on any atom is -0.321 e. The minimum absolute atomic E-state index is 0.00591. The van der Waals surface area contributed by atoms with Crippen molar-refractivity contribution in [1.29, 1.82) is 0 Å². The molecular formula is C14H22O4S. The van der Waals surface area contributed by atoms with Crippen molar-refractivity contribution in [3.63, 3.8) is 0 Å². The highest BCUT2D eigenvalue weighted by Gasteiger charge is 2.12. The van der Waals surface area contributed by atoms with Gasteiger partial charge in [-0.2, -0.15) is 8.42 Å². The van der Waals surface area contributed by atoms with Crippen LogP contribution in [0.2, 0.25) is 0 Å². The SMILES string of the molecule is CCCCCCCCS(=O)(=O)OOc1ccccc1. The van der Waals surface area contributed by atoms with Crippen LogP contribution in [0.25, 0.3) is 0 Å². The summed E-state index contributed by atoms with van der Waals surface area (Å²) in [6.45, 7) is 2.15. The van der Waals surface area contributed by atoms with E-state index in [9.17, 15) is 8.42 Å². The number of hydrogen-bond acceptors (Lipinski definition) is 4. The van der Waals surface area contributed by atoms with Crippen molar-refractivity contribution in [2.45, 2.75) is 45.4 Å². The second-order valence-electron chi connectivity index (χ2n) is 4.49. The highest BCUT2D eigenvalue weighted by Crippen LogP contribution is 2.12. The van der Waals surface area contributed by atoms with Crippen LogP contribution in [0.15, 0.2) is 30.3 Å². The average molecular weight is 286 g/mol. The van der Waals surface area contributed by atoms with Gasteiger partial charge in [-0.05, 0) is 18.6 Å². The number of rotatable bonds is 10. The molecule has 0 amide bonds. The smallest absolute Gasteiger partial charge is 0.303 e. The van der Waals surface area contributed by atoms with Gasteiger partial charge >= 0.3 is 10.1 Å². The van der Waals surface area contributed by atoms with E-state index in [4.69, 9.17) is 4.89 Å². The number of para-hydroxylation sites is 1. The van der Waals surface area contributed by atoms with Crippen LogP contribution in [-0.2, 0) is 14.5 Å². The normalized spacial score (nSPS) is 11.4. The molecule has 0 saturated carbocycles. The molecule has 0 atom stereocenters. The molecule has 1 aromatic carbocycles. The fraction of sp³-hybridized carbons (Fsp3) is 0.571. The standard InChI is InChI=1S/C14H22O4S/c1-2-3-4-5-6-10-13-19(15,16)18-17-14-11-8-7-9-12-14/h7-9,11-12H,2-6,10,13H2,1H3. The number of benzene rings is 1. The molecule has 0 saturated heterocycles. The molecule has 0 N–H and O–H groups in total. The summed E-state index contributed by atoms with van der Waals surface area (Å²) in [5.41, 5.74) is 0. The summed E-state index contributed by atoms with van der Waals surface area (Å²) in [7, 11) is -3.59. The Kier molecular flexibility index (Phi) is 7.52. The molecule has 0 heterocycles. The summed E-state index contributed by atoms with van der Waals surface area (Å²) in [4.78, 5) is 4.78. The molecule has 0 aromatic heterocycles. The van der Waals surface area contributed by atoms with E-state index in [0.717, 1.165) is 19.3 Å². The zero-order chi connectivity index (χ0) is 14.0. The molecule has 1 aromatic rings. The van der Waals surface area contributed by atoms with Crippen LogP contribution in [-0.4, -0.2) is 14.2 Å². The van der Waals surface area contributed by atoms with E-state index in [1.54, 1.807) is 24.3 Å². The van der Waals surface area contributed by atoms with Gasteiger partial charge in [-0.25, -0.2) is 0 Å². The Hall–Kier alpha value is -1.07. The third-order valence-corrected chi connectivity index (χ3v) is 3.79. The molecule has 1 rings (SSSR count). The maximum absolute atomic E-state index is 11.5. The van der Waals surface area contributed by atoms with Crippen LogP contribution < -0.4 is 4.89 Å². The third-order valence-electron chi connectivity index (χ3n) is 2.73. The van der Waals surface area contributed by atoms with Gasteiger partial charge in [-0.1, -0.05) is 61.6 Å². The zero-order valence-corrected chi connectivity index (χ0v) is 12.2. The molecular weight excluding hydrogens is 264 g/mol. The predicted octanol–water partition coefficient (Wildman–Crippen LogP) is 3.69. The number of hydrogen-bond donors (Lipinski definition) is 0. The zero-order valence-electron chi connectivity index (χ0n) is 11.4.